The summed E-state index contributed by atoms with van der Waals surface area (Å²) >= 11 is 0. The minimum atomic E-state index is -1.20. The molecule has 1 atom stereocenters. The molecule has 0 aromatic heterocycles. The number of alkyl carbamates (subject to hydrolysis) is 1. The van der Waals surface area contributed by atoms with Crippen LogP contribution in [-0.2, 0) is 20.9 Å². The summed E-state index contributed by atoms with van der Waals surface area (Å²) in [6.07, 6.45) is 1.92. The van der Waals surface area contributed by atoms with Crippen molar-refractivity contribution in [2.75, 3.05) is 31.5 Å². The maximum Gasteiger partial charge on any atom is 0.408 e. The van der Waals surface area contributed by atoms with E-state index in [-0.39, 0.29) is 25.4 Å². The van der Waals surface area contributed by atoms with Crippen molar-refractivity contribution >= 4 is 29.6 Å². The first-order valence-electron chi connectivity index (χ1n) is 13.1. The highest BCUT2D eigenvalue weighted by Crippen LogP contribution is 2.30. The Kier molecular flexibility index (Phi) is 9.55. The van der Waals surface area contributed by atoms with Crippen LogP contribution < -0.4 is 16.0 Å². The summed E-state index contributed by atoms with van der Waals surface area (Å²) in [5.41, 5.74) is 3.01. The van der Waals surface area contributed by atoms with E-state index < -0.39 is 18.1 Å². The van der Waals surface area contributed by atoms with Gasteiger partial charge in [0, 0.05) is 38.3 Å². The number of aliphatic imine (C=N–C) groups is 1. The molecule has 2 aliphatic heterocycles. The van der Waals surface area contributed by atoms with Gasteiger partial charge in [0.25, 0.3) is 0 Å². The number of nitrogens with one attached hydrogen (secondary N) is 3. The third-order valence-corrected chi connectivity index (χ3v) is 6.82. The normalized spacial score (nSPS) is 16.5. The van der Waals surface area contributed by atoms with Crippen LogP contribution in [0.5, 0.6) is 0 Å². The first kappa shape index (κ1) is 27.0. The van der Waals surface area contributed by atoms with Crippen molar-refractivity contribution < 1.29 is 24.2 Å². The maximum atomic E-state index is 12.8. The summed E-state index contributed by atoms with van der Waals surface area (Å²) in [6, 6.07) is 16.2. The molecule has 2 aromatic rings. The van der Waals surface area contributed by atoms with Crippen molar-refractivity contribution in [3.63, 3.8) is 0 Å². The van der Waals surface area contributed by atoms with E-state index in [0.717, 1.165) is 49.6 Å². The Morgan fingerprint density at radius 1 is 1.11 bits per heavy atom. The number of carbonyl (C=O) groups excluding carboxylic acids is 2. The Labute approximate surface area is 222 Å². The zero-order valence-corrected chi connectivity index (χ0v) is 21.4. The number of rotatable bonds is 9. The Morgan fingerprint density at radius 3 is 2.61 bits per heavy atom. The van der Waals surface area contributed by atoms with Crippen molar-refractivity contribution in [2.45, 2.75) is 50.7 Å². The largest absolute Gasteiger partial charge is 0.480 e. The Balaban J connectivity index is 1.21. The van der Waals surface area contributed by atoms with E-state index in [4.69, 9.17) is 4.74 Å². The van der Waals surface area contributed by atoms with E-state index in [1.165, 1.54) is 5.56 Å². The molecular formula is C28H35N5O5. The van der Waals surface area contributed by atoms with Gasteiger partial charge in [0.15, 0.2) is 5.96 Å². The highest BCUT2D eigenvalue weighted by atomic mass is 16.5. The fourth-order valence-corrected chi connectivity index (χ4v) is 4.68. The highest BCUT2D eigenvalue weighted by Gasteiger charge is 2.27. The standard InChI is InChI=1S/C28H35N5O5/c34-25(11-10-24(26(35)36)32-28(37)38-19-20-6-2-1-3-7-20)33-16-12-21(13-17-33)22-8-4-9-23(18-22)31-27-29-14-5-15-30-27/h1-4,6-9,18,21,24H,5,10-17,19H2,(H,32,37)(H,35,36)(H2,29,30,31)/t24-/m0/s1. The molecule has 4 rings (SSSR count). The number of nitrogens with zero attached hydrogens (tertiary/aromatic N) is 2. The number of guanidine groups is 1. The van der Waals surface area contributed by atoms with Crippen LogP contribution in [-0.4, -0.2) is 66.2 Å². The molecule has 10 heteroatoms. The van der Waals surface area contributed by atoms with Crippen LogP contribution in [0.25, 0.3) is 0 Å². The molecule has 202 valence electrons. The summed E-state index contributed by atoms with van der Waals surface area (Å²) < 4.78 is 5.11. The second kappa shape index (κ2) is 13.5. The van der Waals surface area contributed by atoms with Gasteiger partial charge in [-0.15, -0.1) is 0 Å². The minimum absolute atomic E-state index is 0.000168. The number of carboxylic acids is 1. The van der Waals surface area contributed by atoms with Gasteiger partial charge < -0.3 is 30.7 Å². The lowest BCUT2D eigenvalue weighted by Crippen LogP contribution is -2.43. The lowest BCUT2D eigenvalue weighted by atomic mass is 9.89. The van der Waals surface area contributed by atoms with Crippen molar-refractivity contribution in [1.82, 2.24) is 15.5 Å². The molecule has 1 saturated heterocycles. The monoisotopic (exact) mass is 521 g/mol. The molecule has 2 amide bonds. The zero-order valence-electron chi connectivity index (χ0n) is 21.4. The van der Waals surface area contributed by atoms with E-state index in [0.29, 0.717) is 19.0 Å². The lowest BCUT2D eigenvalue weighted by Gasteiger charge is -2.32. The van der Waals surface area contributed by atoms with Crippen LogP contribution in [0.3, 0.4) is 0 Å². The van der Waals surface area contributed by atoms with Gasteiger partial charge in [0.2, 0.25) is 5.91 Å². The average molecular weight is 522 g/mol. The smallest absolute Gasteiger partial charge is 0.408 e. The fourth-order valence-electron chi connectivity index (χ4n) is 4.68. The van der Waals surface area contributed by atoms with Gasteiger partial charge in [-0.1, -0.05) is 42.5 Å². The molecule has 0 saturated carbocycles. The summed E-state index contributed by atoms with van der Waals surface area (Å²) in [5, 5.41) is 18.5. The number of hydrogen-bond acceptors (Lipinski definition) is 7. The molecule has 0 spiro atoms. The molecule has 0 unspecified atom stereocenters. The number of ether oxygens (including phenoxy) is 1. The highest BCUT2D eigenvalue weighted by molar-refractivity contribution is 5.94. The van der Waals surface area contributed by atoms with Crippen LogP contribution in [0, 0.1) is 0 Å². The van der Waals surface area contributed by atoms with Gasteiger partial charge >= 0.3 is 12.1 Å². The number of carboxylic acid groups (broad SMARTS) is 1. The Hall–Kier alpha value is -4.08. The number of likely N-dealkylation sites (tertiary alicyclic amines) is 1. The van der Waals surface area contributed by atoms with Gasteiger partial charge in [-0.2, -0.15) is 0 Å². The average Bonchev–Trinajstić information content (AvgIpc) is 2.95. The quantitative estimate of drug-likeness (QED) is 0.398. The van der Waals surface area contributed by atoms with Crippen LogP contribution in [0.2, 0.25) is 0 Å². The second-order valence-electron chi connectivity index (χ2n) is 9.55. The third-order valence-electron chi connectivity index (χ3n) is 6.82. The molecule has 0 bridgehead atoms. The lowest BCUT2D eigenvalue weighted by molar-refractivity contribution is -0.140. The molecule has 0 radical (unpaired) electrons. The maximum absolute atomic E-state index is 12.8. The van der Waals surface area contributed by atoms with Crippen molar-refractivity contribution in [1.29, 1.82) is 0 Å². The summed E-state index contributed by atoms with van der Waals surface area (Å²) in [4.78, 5) is 42.8. The molecule has 10 nitrogen and oxygen atoms in total. The van der Waals surface area contributed by atoms with Crippen LogP contribution in [0.1, 0.15) is 49.1 Å². The predicted molar refractivity (Wildman–Crippen MR) is 144 cm³/mol. The first-order valence-corrected chi connectivity index (χ1v) is 13.1. The predicted octanol–water partition coefficient (Wildman–Crippen LogP) is 3.31. The SMILES string of the molecule is O=C(N[C@@H](CCC(=O)N1CCC(c2cccc(NC3=NCCCN3)c2)CC1)C(=O)O)OCc1ccccc1. The van der Waals surface area contributed by atoms with E-state index in [1.807, 2.05) is 42.5 Å². The van der Waals surface area contributed by atoms with Gasteiger partial charge in [-0.25, -0.2) is 9.59 Å². The van der Waals surface area contributed by atoms with Gasteiger partial charge in [-0.3, -0.25) is 9.79 Å². The molecule has 0 aliphatic carbocycles. The van der Waals surface area contributed by atoms with Crippen LogP contribution >= 0.6 is 0 Å². The summed E-state index contributed by atoms with van der Waals surface area (Å²) in [6.45, 7) is 3.00. The van der Waals surface area contributed by atoms with E-state index in [2.05, 4.69) is 33.1 Å². The zero-order chi connectivity index (χ0) is 26.7. The summed E-state index contributed by atoms with van der Waals surface area (Å²) in [7, 11) is 0. The van der Waals surface area contributed by atoms with Gasteiger partial charge in [0.1, 0.15) is 12.6 Å². The number of anilines is 1. The van der Waals surface area contributed by atoms with E-state index >= 15 is 0 Å². The van der Waals surface area contributed by atoms with E-state index in [9.17, 15) is 19.5 Å². The molecule has 2 heterocycles. The van der Waals surface area contributed by atoms with Crippen molar-refractivity contribution in [2.24, 2.45) is 4.99 Å². The first-order chi connectivity index (χ1) is 18.5. The van der Waals surface area contributed by atoms with Gasteiger partial charge in [-0.05, 0) is 54.9 Å². The molecule has 4 N–H and O–H groups in total. The fraction of sp³-hybridized carbons (Fsp3) is 0.429. The number of hydrogen-bond donors (Lipinski definition) is 4. The molecular weight excluding hydrogens is 486 g/mol. The van der Waals surface area contributed by atoms with E-state index in [1.54, 1.807) is 4.90 Å². The number of piperidine rings is 1. The van der Waals surface area contributed by atoms with Crippen molar-refractivity contribution in [3.05, 3.63) is 65.7 Å². The third kappa shape index (κ3) is 7.96. The molecule has 38 heavy (non-hydrogen) atoms. The van der Waals surface area contributed by atoms with Crippen LogP contribution in [0.15, 0.2) is 59.6 Å². The Morgan fingerprint density at radius 2 is 1.89 bits per heavy atom. The number of carbonyl (C=O) groups is 3. The Bertz CT molecular complexity index is 1130. The molecule has 1 fully saturated rings. The number of amides is 2. The van der Waals surface area contributed by atoms with Crippen LogP contribution in [0.4, 0.5) is 10.5 Å². The topological polar surface area (TPSA) is 132 Å². The summed E-state index contributed by atoms with van der Waals surface area (Å²) in [5.74, 6) is -0.163. The number of benzene rings is 2. The minimum Gasteiger partial charge on any atom is -0.480 e. The molecule has 2 aliphatic rings. The molecule has 2 aromatic carbocycles. The second-order valence-corrected chi connectivity index (χ2v) is 9.55. The van der Waals surface area contributed by atoms with Crippen molar-refractivity contribution in [3.8, 4) is 0 Å². The van der Waals surface area contributed by atoms with Gasteiger partial charge in [0.05, 0.1) is 0 Å². The number of aliphatic carboxylic acids is 1.